The van der Waals surface area contributed by atoms with E-state index in [4.69, 9.17) is 4.74 Å². The fourth-order valence-electron chi connectivity index (χ4n) is 3.70. The van der Waals surface area contributed by atoms with Gasteiger partial charge in [0.15, 0.2) is 0 Å². The lowest BCUT2D eigenvalue weighted by Gasteiger charge is -2.11. The molecule has 2 heterocycles. The van der Waals surface area contributed by atoms with E-state index in [1.54, 1.807) is 0 Å². The van der Waals surface area contributed by atoms with Crippen molar-refractivity contribution in [3.63, 3.8) is 0 Å². The molecule has 1 aliphatic rings. The van der Waals surface area contributed by atoms with Gasteiger partial charge in [0.05, 0.1) is 15.9 Å². The van der Waals surface area contributed by atoms with Gasteiger partial charge in [-0.05, 0) is 55.6 Å². The van der Waals surface area contributed by atoms with Crippen LogP contribution in [0.2, 0.25) is 0 Å². The summed E-state index contributed by atoms with van der Waals surface area (Å²) in [7, 11) is -3.82. The summed E-state index contributed by atoms with van der Waals surface area (Å²) in [5, 5.41) is 4.07. The van der Waals surface area contributed by atoms with Crippen LogP contribution in [0.4, 0.5) is 4.39 Å². The van der Waals surface area contributed by atoms with Crippen molar-refractivity contribution in [2.24, 2.45) is 0 Å². The van der Waals surface area contributed by atoms with Crippen LogP contribution < -0.4 is 5.32 Å². The number of benzene rings is 2. The van der Waals surface area contributed by atoms with Crippen molar-refractivity contribution in [2.45, 2.75) is 35.2 Å². The first kappa shape index (κ1) is 19.1. The van der Waals surface area contributed by atoms with Gasteiger partial charge >= 0.3 is 0 Å². The lowest BCUT2D eigenvalue weighted by molar-refractivity contribution is 0.110. The molecule has 0 aliphatic carbocycles. The van der Waals surface area contributed by atoms with Crippen LogP contribution in [0, 0.1) is 5.82 Å². The summed E-state index contributed by atoms with van der Waals surface area (Å²) in [6.45, 7) is 2.36. The third kappa shape index (κ3) is 3.83. The van der Waals surface area contributed by atoms with Crippen molar-refractivity contribution < 1.29 is 17.5 Å². The lowest BCUT2D eigenvalue weighted by atomic mass is 10.1. The molecule has 2 aromatic carbocycles. The second-order valence-electron chi connectivity index (χ2n) is 7.04. The molecule has 1 saturated heterocycles. The molecule has 5 nitrogen and oxygen atoms in total. The summed E-state index contributed by atoms with van der Waals surface area (Å²) < 4.78 is 45.4. The van der Waals surface area contributed by atoms with Crippen molar-refractivity contribution in [3.8, 4) is 0 Å². The van der Waals surface area contributed by atoms with Crippen LogP contribution in [0.15, 0.2) is 58.5 Å². The normalized spacial score (nSPS) is 17.4. The monoisotopic (exact) mass is 402 g/mol. The molecule has 1 unspecified atom stereocenters. The Morgan fingerprint density at radius 3 is 2.86 bits per heavy atom. The highest BCUT2D eigenvalue weighted by molar-refractivity contribution is 7.91. The predicted molar refractivity (Wildman–Crippen MR) is 106 cm³/mol. The highest BCUT2D eigenvalue weighted by atomic mass is 32.2. The van der Waals surface area contributed by atoms with Crippen LogP contribution in [-0.2, 0) is 21.0 Å². The van der Waals surface area contributed by atoms with Crippen LogP contribution in [0.1, 0.15) is 18.4 Å². The first-order valence-corrected chi connectivity index (χ1v) is 11.0. The molecule has 4 rings (SSSR count). The van der Waals surface area contributed by atoms with Gasteiger partial charge in [-0.25, -0.2) is 12.8 Å². The van der Waals surface area contributed by atoms with E-state index < -0.39 is 15.7 Å². The molecule has 148 valence electrons. The summed E-state index contributed by atoms with van der Waals surface area (Å²) in [5.41, 5.74) is 1.69. The average molecular weight is 402 g/mol. The minimum absolute atomic E-state index is 0.0419. The SMILES string of the molecule is O=S(=O)(c1cccc(F)c1)c1c[nH]c2cccc(CCNCC3CCCO3)c12. The van der Waals surface area contributed by atoms with Gasteiger partial charge in [0, 0.05) is 30.3 Å². The number of aromatic amines is 1. The van der Waals surface area contributed by atoms with E-state index in [1.807, 2.05) is 18.2 Å². The standard InChI is InChI=1S/C21H23FN2O3S/c22-16-5-2-7-18(12-16)28(25,26)20-14-24-19-8-1-4-15(21(19)20)9-10-23-13-17-6-3-11-27-17/h1-2,4-5,7-8,12,14,17,23-24H,3,6,9-11,13H2. The summed E-state index contributed by atoms with van der Waals surface area (Å²) in [4.78, 5) is 3.18. The lowest BCUT2D eigenvalue weighted by Crippen LogP contribution is -2.27. The minimum Gasteiger partial charge on any atom is -0.377 e. The van der Waals surface area contributed by atoms with E-state index in [0.717, 1.165) is 49.7 Å². The van der Waals surface area contributed by atoms with Crippen LogP contribution in [-0.4, -0.2) is 39.2 Å². The molecule has 2 N–H and O–H groups in total. The highest BCUT2D eigenvalue weighted by Gasteiger charge is 2.23. The van der Waals surface area contributed by atoms with Gasteiger partial charge in [-0.2, -0.15) is 0 Å². The molecule has 0 saturated carbocycles. The van der Waals surface area contributed by atoms with E-state index in [1.165, 1.54) is 24.4 Å². The smallest absolute Gasteiger partial charge is 0.208 e. The molecule has 7 heteroatoms. The third-order valence-corrected chi connectivity index (χ3v) is 6.89. The maximum absolute atomic E-state index is 13.6. The van der Waals surface area contributed by atoms with Gasteiger partial charge in [-0.3, -0.25) is 0 Å². The Morgan fingerprint density at radius 1 is 1.21 bits per heavy atom. The third-order valence-electron chi connectivity index (χ3n) is 5.12. The zero-order chi connectivity index (χ0) is 19.6. The Kier molecular flexibility index (Phi) is 5.48. The molecule has 0 radical (unpaired) electrons. The van der Waals surface area contributed by atoms with Gasteiger partial charge in [-0.1, -0.05) is 18.2 Å². The quantitative estimate of drug-likeness (QED) is 0.594. The van der Waals surface area contributed by atoms with Gasteiger partial charge in [0.2, 0.25) is 9.84 Å². The van der Waals surface area contributed by atoms with Crippen molar-refractivity contribution in [2.75, 3.05) is 19.7 Å². The molecule has 1 atom stereocenters. The van der Waals surface area contributed by atoms with Gasteiger partial charge in [0.25, 0.3) is 0 Å². The minimum atomic E-state index is -3.82. The average Bonchev–Trinajstić information content (AvgIpc) is 3.35. The molecular formula is C21H23FN2O3S. The number of aromatic nitrogens is 1. The van der Waals surface area contributed by atoms with Gasteiger partial charge in [0.1, 0.15) is 5.82 Å². The number of halogens is 1. The number of rotatable bonds is 7. The second kappa shape index (κ2) is 8.03. The van der Waals surface area contributed by atoms with E-state index in [-0.39, 0.29) is 15.9 Å². The number of sulfone groups is 1. The molecule has 0 spiro atoms. The van der Waals surface area contributed by atoms with Crippen LogP contribution in [0.25, 0.3) is 10.9 Å². The molecule has 3 aromatic rings. The van der Waals surface area contributed by atoms with E-state index in [0.29, 0.717) is 11.8 Å². The van der Waals surface area contributed by atoms with E-state index >= 15 is 0 Å². The summed E-state index contributed by atoms with van der Waals surface area (Å²) in [5.74, 6) is -0.570. The molecule has 1 aliphatic heterocycles. The summed E-state index contributed by atoms with van der Waals surface area (Å²) >= 11 is 0. The number of hydrogen-bond acceptors (Lipinski definition) is 4. The second-order valence-corrected chi connectivity index (χ2v) is 8.96. The molecule has 28 heavy (non-hydrogen) atoms. The highest BCUT2D eigenvalue weighted by Crippen LogP contribution is 2.31. The number of nitrogens with one attached hydrogen (secondary N) is 2. The molecular weight excluding hydrogens is 379 g/mol. The number of hydrogen-bond donors (Lipinski definition) is 2. The molecule has 0 bridgehead atoms. The van der Waals surface area contributed by atoms with Gasteiger partial charge < -0.3 is 15.0 Å². The van der Waals surface area contributed by atoms with Crippen molar-refractivity contribution in [3.05, 3.63) is 60.0 Å². The number of ether oxygens (including phenoxy) is 1. The largest absolute Gasteiger partial charge is 0.377 e. The number of fused-ring (bicyclic) bond motifs is 1. The summed E-state index contributed by atoms with van der Waals surface area (Å²) in [6.07, 6.45) is 4.64. The molecule has 1 fully saturated rings. The van der Waals surface area contributed by atoms with Crippen molar-refractivity contribution in [1.29, 1.82) is 0 Å². The first-order chi connectivity index (χ1) is 13.6. The van der Waals surface area contributed by atoms with Crippen molar-refractivity contribution in [1.82, 2.24) is 10.3 Å². The Morgan fingerprint density at radius 2 is 2.07 bits per heavy atom. The first-order valence-electron chi connectivity index (χ1n) is 9.47. The maximum Gasteiger partial charge on any atom is 0.208 e. The summed E-state index contributed by atoms with van der Waals surface area (Å²) in [6, 6.07) is 10.8. The van der Waals surface area contributed by atoms with E-state index in [2.05, 4.69) is 10.3 Å². The van der Waals surface area contributed by atoms with Crippen LogP contribution >= 0.6 is 0 Å². The van der Waals surface area contributed by atoms with Crippen molar-refractivity contribution >= 4 is 20.7 Å². The molecule has 1 aromatic heterocycles. The maximum atomic E-state index is 13.6. The Balaban J connectivity index is 1.59. The fourth-order valence-corrected chi connectivity index (χ4v) is 5.20. The number of H-pyrrole nitrogens is 1. The van der Waals surface area contributed by atoms with Crippen LogP contribution in [0.3, 0.4) is 0 Å². The fraction of sp³-hybridized carbons (Fsp3) is 0.333. The Labute approximate surface area is 163 Å². The van der Waals surface area contributed by atoms with E-state index in [9.17, 15) is 12.8 Å². The Hall–Kier alpha value is -2.22. The zero-order valence-corrected chi connectivity index (χ0v) is 16.3. The predicted octanol–water partition coefficient (Wildman–Crippen LogP) is 3.45. The van der Waals surface area contributed by atoms with Crippen LogP contribution in [0.5, 0.6) is 0 Å². The zero-order valence-electron chi connectivity index (χ0n) is 15.4. The molecule has 0 amide bonds. The van der Waals surface area contributed by atoms with Gasteiger partial charge in [-0.15, -0.1) is 0 Å². The topological polar surface area (TPSA) is 71.2 Å². The Bertz CT molecular complexity index is 1070.